The number of thioether (sulfide) groups is 1. The molecule has 3 heterocycles. The van der Waals surface area contributed by atoms with E-state index in [1.54, 1.807) is 6.08 Å². The third-order valence-corrected chi connectivity index (χ3v) is 7.75. The minimum atomic E-state index is -2.98. The van der Waals surface area contributed by atoms with Crippen molar-refractivity contribution in [3.8, 4) is 0 Å². The summed E-state index contributed by atoms with van der Waals surface area (Å²) < 4.78 is 23.5. The van der Waals surface area contributed by atoms with Gasteiger partial charge >= 0.3 is 0 Å². The summed E-state index contributed by atoms with van der Waals surface area (Å²) in [6.07, 6.45) is 2.00. The van der Waals surface area contributed by atoms with Gasteiger partial charge in [0.05, 0.1) is 24.0 Å². The Morgan fingerprint density at radius 1 is 1.50 bits per heavy atom. The number of amidine groups is 1. The van der Waals surface area contributed by atoms with E-state index in [0.717, 1.165) is 4.88 Å². The summed E-state index contributed by atoms with van der Waals surface area (Å²) >= 11 is 2.93. The van der Waals surface area contributed by atoms with Crippen molar-refractivity contribution in [2.24, 2.45) is 4.99 Å². The second-order valence-corrected chi connectivity index (χ2v) is 9.68. The molecule has 1 aromatic rings. The minimum Gasteiger partial charge on any atom is -0.342 e. The van der Waals surface area contributed by atoms with Crippen LogP contribution in [0.3, 0.4) is 0 Å². The van der Waals surface area contributed by atoms with Gasteiger partial charge in [-0.25, -0.2) is 8.42 Å². The van der Waals surface area contributed by atoms with Crippen LogP contribution in [-0.2, 0) is 21.1 Å². The molecule has 5 nitrogen and oxygen atoms in total. The molecule has 0 aromatic carbocycles. The molecule has 0 N–H and O–H groups in total. The number of thiophene rings is 1. The summed E-state index contributed by atoms with van der Waals surface area (Å²) in [4.78, 5) is 19.2. The molecule has 2 aliphatic rings. The van der Waals surface area contributed by atoms with Crippen LogP contribution < -0.4 is 0 Å². The van der Waals surface area contributed by atoms with Crippen LogP contribution in [0.25, 0.3) is 0 Å². The van der Waals surface area contributed by atoms with Crippen molar-refractivity contribution in [2.75, 3.05) is 18.1 Å². The van der Waals surface area contributed by atoms with E-state index in [2.05, 4.69) is 11.6 Å². The zero-order valence-corrected chi connectivity index (χ0v) is 14.3. The Hall–Kier alpha value is -1.12. The second kappa shape index (κ2) is 6.17. The molecule has 2 fully saturated rings. The lowest BCUT2D eigenvalue weighted by molar-refractivity contribution is -0.117. The van der Waals surface area contributed by atoms with Crippen molar-refractivity contribution in [3.63, 3.8) is 0 Å². The largest absolute Gasteiger partial charge is 0.342 e. The molecular weight excluding hydrogens is 340 g/mol. The molecule has 0 radical (unpaired) electrons. The van der Waals surface area contributed by atoms with Crippen molar-refractivity contribution >= 4 is 44.0 Å². The van der Waals surface area contributed by atoms with Crippen LogP contribution in [0.5, 0.6) is 0 Å². The van der Waals surface area contributed by atoms with E-state index in [1.807, 2.05) is 22.4 Å². The molecule has 2 atom stereocenters. The van der Waals surface area contributed by atoms with Crippen molar-refractivity contribution in [3.05, 3.63) is 35.0 Å². The molecule has 1 amide bonds. The Balaban J connectivity index is 1.77. The fourth-order valence-electron chi connectivity index (χ4n) is 2.70. The Morgan fingerprint density at radius 3 is 3.00 bits per heavy atom. The maximum atomic E-state index is 12.1. The van der Waals surface area contributed by atoms with Crippen LogP contribution in [0.15, 0.2) is 35.2 Å². The highest BCUT2D eigenvalue weighted by atomic mass is 32.2. The van der Waals surface area contributed by atoms with E-state index in [-0.39, 0.29) is 35.1 Å². The second-order valence-electron chi connectivity index (χ2n) is 5.29. The van der Waals surface area contributed by atoms with Gasteiger partial charge in [0.15, 0.2) is 15.0 Å². The number of hydrogen-bond donors (Lipinski definition) is 0. The molecule has 2 aliphatic heterocycles. The Kier molecular flexibility index (Phi) is 4.42. The van der Waals surface area contributed by atoms with Crippen LogP contribution >= 0.6 is 23.1 Å². The minimum absolute atomic E-state index is 0.0294. The smallest absolute Gasteiger partial charge is 0.253 e. The molecule has 2 saturated heterocycles. The SMILES string of the molecule is C=CCN1C(=NC(=O)Cc2cccs2)S[C@@H]2CS(=O)(=O)C[C@@H]21. The van der Waals surface area contributed by atoms with Crippen molar-refractivity contribution < 1.29 is 13.2 Å². The number of fused-ring (bicyclic) bond motifs is 1. The van der Waals surface area contributed by atoms with Gasteiger partial charge in [0.2, 0.25) is 0 Å². The Morgan fingerprint density at radius 2 is 2.32 bits per heavy atom. The number of hydrogen-bond acceptors (Lipinski definition) is 5. The van der Waals surface area contributed by atoms with Gasteiger partial charge in [-0.05, 0) is 11.4 Å². The summed E-state index contributed by atoms with van der Waals surface area (Å²) in [5, 5.41) is 2.53. The zero-order valence-electron chi connectivity index (χ0n) is 11.8. The molecular formula is C14H16N2O3S3. The number of amides is 1. The number of sulfone groups is 1. The number of aliphatic imine (C=N–C) groups is 1. The van der Waals surface area contributed by atoms with Gasteiger partial charge in [-0.15, -0.1) is 17.9 Å². The average Bonchev–Trinajstić information content (AvgIpc) is 3.08. The first-order chi connectivity index (χ1) is 10.5. The number of carbonyl (C=O) groups excluding carboxylic acids is 1. The van der Waals surface area contributed by atoms with Crippen LogP contribution in [0.2, 0.25) is 0 Å². The fourth-order valence-corrected chi connectivity index (χ4v) is 7.37. The first-order valence-corrected chi connectivity index (χ1v) is 10.4. The summed E-state index contributed by atoms with van der Waals surface area (Å²) in [5.41, 5.74) is 0. The predicted octanol–water partition coefficient (Wildman–Crippen LogP) is 1.57. The fraction of sp³-hybridized carbons (Fsp3) is 0.429. The molecule has 0 aliphatic carbocycles. The quantitative estimate of drug-likeness (QED) is 0.766. The molecule has 22 heavy (non-hydrogen) atoms. The standard InChI is InChI=1S/C14H16N2O3S3/c1-2-5-16-11-8-22(18,19)9-12(11)21-14(16)15-13(17)7-10-4-3-6-20-10/h2-4,6,11-12H,1,5,7-9H2/t11-,12+/m0/s1. The maximum Gasteiger partial charge on any atom is 0.253 e. The molecule has 1 aromatic heterocycles. The van der Waals surface area contributed by atoms with Crippen LogP contribution in [0.4, 0.5) is 0 Å². The molecule has 8 heteroatoms. The highest BCUT2D eigenvalue weighted by Gasteiger charge is 2.48. The highest BCUT2D eigenvalue weighted by Crippen LogP contribution is 2.38. The van der Waals surface area contributed by atoms with Gasteiger partial charge in [-0.3, -0.25) is 4.79 Å². The van der Waals surface area contributed by atoms with Crippen molar-refractivity contribution in [1.82, 2.24) is 4.90 Å². The van der Waals surface area contributed by atoms with Gasteiger partial charge in [0.1, 0.15) is 0 Å². The highest BCUT2D eigenvalue weighted by molar-refractivity contribution is 8.15. The predicted molar refractivity (Wildman–Crippen MR) is 91.2 cm³/mol. The van der Waals surface area contributed by atoms with E-state index >= 15 is 0 Å². The van der Waals surface area contributed by atoms with Crippen molar-refractivity contribution in [2.45, 2.75) is 17.7 Å². The van der Waals surface area contributed by atoms with E-state index in [4.69, 9.17) is 0 Å². The first kappa shape index (κ1) is 15.8. The topological polar surface area (TPSA) is 66.8 Å². The maximum absolute atomic E-state index is 12.1. The van der Waals surface area contributed by atoms with Gasteiger partial charge in [0, 0.05) is 16.7 Å². The summed E-state index contributed by atoms with van der Waals surface area (Å²) in [7, 11) is -2.98. The van der Waals surface area contributed by atoms with Crippen LogP contribution in [0.1, 0.15) is 4.88 Å². The molecule has 118 valence electrons. The summed E-state index contributed by atoms with van der Waals surface area (Å²) in [6, 6.07) is 3.72. The Bertz CT molecular complexity index is 710. The van der Waals surface area contributed by atoms with Crippen LogP contribution in [0, 0.1) is 0 Å². The van der Waals surface area contributed by atoms with E-state index in [1.165, 1.54) is 23.1 Å². The third kappa shape index (κ3) is 3.28. The number of rotatable bonds is 4. The molecule has 0 spiro atoms. The van der Waals surface area contributed by atoms with Gasteiger partial charge < -0.3 is 4.90 Å². The summed E-state index contributed by atoms with van der Waals surface area (Å²) in [5.74, 6) is 0.104. The van der Waals surface area contributed by atoms with E-state index in [0.29, 0.717) is 11.7 Å². The van der Waals surface area contributed by atoms with E-state index in [9.17, 15) is 13.2 Å². The van der Waals surface area contributed by atoms with Gasteiger partial charge in [-0.1, -0.05) is 23.9 Å². The molecule has 3 rings (SSSR count). The van der Waals surface area contributed by atoms with Gasteiger partial charge in [-0.2, -0.15) is 4.99 Å². The first-order valence-electron chi connectivity index (χ1n) is 6.87. The van der Waals surface area contributed by atoms with Crippen molar-refractivity contribution in [1.29, 1.82) is 0 Å². The molecule has 0 bridgehead atoms. The average molecular weight is 356 g/mol. The molecule has 0 saturated carbocycles. The molecule has 0 unspecified atom stereocenters. The van der Waals surface area contributed by atoms with Gasteiger partial charge in [0.25, 0.3) is 5.91 Å². The summed E-state index contributed by atoms with van der Waals surface area (Å²) in [6.45, 7) is 4.22. The number of nitrogens with zero attached hydrogens (tertiary/aromatic N) is 2. The lowest BCUT2D eigenvalue weighted by Crippen LogP contribution is -2.37. The number of carbonyl (C=O) groups is 1. The lowest BCUT2D eigenvalue weighted by Gasteiger charge is -2.22. The van der Waals surface area contributed by atoms with E-state index < -0.39 is 9.84 Å². The lowest BCUT2D eigenvalue weighted by atomic mass is 10.2. The normalized spacial score (nSPS) is 28.0. The zero-order chi connectivity index (χ0) is 15.7. The Labute approximate surface area is 138 Å². The van der Waals surface area contributed by atoms with Crippen LogP contribution in [-0.4, -0.2) is 53.7 Å². The monoisotopic (exact) mass is 356 g/mol. The third-order valence-electron chi connectivity index (χ3n) is 3.63.